The molecule has 0 aliphatic carbocycles. The molecule has 1 aliphatic heterocycles. The van der Waals surface area contributed by atoms with E-state index in [0.29, 0.717) is 44.0 Å². The molecule has 1 saturated heterocycles. The summed E-state index contributed by atoms with van der Waals surface area (Å²) in [5.41, 5.74) is 6.26. The van der Waals surface area contributed by atoms with E-state index in [-0.39, 0.29) is 5.78 Å². The zero-order valence-electron chi connectivity index (χ0n) is 10.6. The Labute approximate surface area is 126 Å². The number of benzene rings is 1. The fourth-order valence-corrected chi connectivity index (χ4v) is 3.12. The first-order valence-electron chi connectivity index (χ1n) is 6.32. The van der Waals surface area contributed by atoms with Gasteiger partial charge in [0.1, 0.15) is 5.78 Å². The van der Waals surface area contributed by atoms with Crippen LogP contribution in [0.2, 0.25) is 5.02 Å². The lowest BCUT2D eigenvalue weighted by atomic mass is 9.74. The average molecular weight is 347 g/mol. The van der Waals surface area contributed by atoms with Gasteiger partial charge in [-0.05, 0) is 30.5 Å². The van der Waals surface area contributed by atoms with Crippen LogP contribution in [0.3, 0.4) is 0 Å². The van der Waals surface area contributed by atoms with Crippen LogP contribution in [0.1, 0.15) is 18.4 Å². The molecule has 0 spiro atoms. The zero-order chi connectivity index (χ0) is 13.9. The van der Waals surface area contributed by atoms with Crippen LogP contribution in [-0.4, -0.2) is 25.5 Å². The third kappa shape index (κ3) is 3.37. The minimum Gasteiger partial charge on any atom is -0.381 e. The molecule has 0 aromatic heterocycles. The van der Waals surface area contributed by atoms with Crippen LogP contribution in [0, 0.1) is 5.41 Å². The predicted molar refractivity (Wildman–Crippen MR) is 79.4 cm³/mol. The topological polar surface area (TPSA) is 52.3 Å². The van der Waals surface area contributed by atoms with Crippen molar-refractivity contribution in [1.29, 1.82) is 0 Å². The van der Waals surface area contributed by atoms with Crippen molar-refractivity contribution in [2.75, 3.05) is 19.8 Å². The van der Waals surface area contributed by atoms with Crippen molar-refractivity contribution in [2.24, 2.45) is 11.1 Å². The number of ketones is 1. The van der Waals surface area contributed by atoms with Crippen molar-refractivity contribution < 1.29 is 9.53 Å². The summed E-state index contributed by atoms with van der Waals surface area (Å²) >= 11 is 9.52. The van der Waals surface area contributed by atoms with Crippen LogP contribution < -0.4 is 5.73 Å². The summed E-state index contributed by atoms with van der Waals surface area (Å²) < 4.78 is 6.24. The number of carbonyl (C=O) groups is 1. The molecule has 2 rings (SSSR count). The van der Waals surface area contributed by atoms with Crippen molar-refractivity contribution in [2.45, 2.75) is 19.3 Å². The van der Waals surface area contributed by atoms with E-state index in [4.69, 9.17) is 22.1 Å². The number of Topliss-reactive ketones (excluding diaryl/α,β-unsaturated/α-hetero) is 1. The molecule has 0 unspecified atom stereocenters. The third-order valence-corrected chi connectivity index (χ3v) is 4.64. The number of nitrogens with two attached hydrogens (primary N) is 1. The number of rotatable bonds is 4. The van der Waals surface area contributed by atoms with Gasteiger partial charge in [-0.25, -0.2) is 0 Å². The molecule has 5 heteroatoms. The summed E-state index contributed by atoms with van der Waals surface area (Å²) in [5.74, 6) is 0.169. The second-order valence-corrected chi connectivity index (χ2v) is 6.26. The smallest absolute Gasteiger partial charge is 0.144 e. The highest BCUT2D eigenvalue weighted by Crippen LogP contribution is 2.33. The molecule has 1 aromatic rings. The maximum absolute atomic E-state index is 12.6. The Kier molecular flexibility index (Phi) is 5.01. The summed E-state index contributed by atoms with van der Waals surface area (Å²) in [6, 6.07) is 5.59. The summed E-state index contributed by atoms with van der Waals surface area (Å²) in [6.45, 7) is 1.59. The van der Waals surface area contributed by atoms with Gasteiger partial charge in [-0.15, -0.1) is 0 Å². The second-order valence-electron chi connectivity index (χ2n) is 4.93. The Morgan fingerprint density at radius 1 is 1.42 bits per heavy atom. The minimum atomic E-state index is -0.436. The van der Waals surface area contributed by atoms with E-state index in [1.165, 1.54) is 0 Å². The summed E-state index contributed by atoms with van der Waals surface area (Å²) in [5, 5.41) is 0.613. The molecule has 1 aromatic carbocycles. The molecule has 0 bridgehead atoms. The van der Waals surface area contributed by atoms with E-state index >= 15 is 0 Å². The van der Waals surface area contributed by atoms with Crippen molar-refractivity contribution in [1.82, 2.24) is 0 Å². The Morgan fingerprint density at radius 2 is 2.11 bits per heavy atom. The van der Waals surface area contributed by atoms with E-state index in [9.17, 15) is 4.79 Å². The fourth-order valence-electron chi connectivity index (χ4n) is 2.38. The quantitative estimate of drug-likeness (QED) is 0.912. The summed E-state index contributed by atoms with van der Waals surface area (Å²) in [6.07, 6.45) is 1.75. The largest absolute Gasteiger partial charge is 0.381 e. The first-order chi connectivity index (χ1) is 9.07. The molecule has 1 fully saturated rings. The van der Waals surface area contributed by atoms with Gasteiger partial charge in [-0.1, -0.05) is 33.6 Å². The molecule has 104 valence electrons. The highest BCUT2D eigenvalue weighted by Gasteiger charge is 2.38. The molecule has 0 radical (unpaired) electrons. The van der Waals surface area contributed by atoms with Gasteiger partial charge in [0.05, 0.1) is 0 Å². The van der Waals surface area contributed by atoms with Gasteiger partial charge in [0.15, 0.2) is 0 Å². The fraction of sp³-hybridized carbons (Fsp3) is 0.500. The molecule has 2 N–H and O–H groups in total. The lowest BCUT2D eigenvalue weighted by Gasteiger charge is -2.34. The highest BCUT2D eigenvalue weighted by molar-refractivity contribution is 9.10. The third-order valence-electron chi connectivity index (χ3n) is 3.80. The molecular weight excluding hydrogens is 330 g/mol. The Bertz CT molecular complexity index is 473. The van der Waals surface area contributed by atoms with E-state index in [1.807, 2.05) is 18.2 Å². The van der Waals surface area contributed by atoms with E-state index in [1.54, 1.807) is 0 Å². The van der Waals surface area contributed by atoms with E-state index < -0.39 is 5.41 Å². The second kappa shape index (κ2) is 6.35. The normalized spacial score (nSPS) is 18.3. The zero-order valence-corrected chi connectivity index (χ0v) is 13.0. The van der Waals surface area contributed by atoms with Gasteiger partial charge in [0.2, 0.25) is 0 Å². The van der Waals surface area contributed by atoms with Crippen LogP contribution in [-0.2, 0) is 16.0 Å². The molecule has 0 atom stereocenters. The first-order valence-corrected chi connectivity index (χ1v) is 7.49. The predicted octanol–water partition coefficient (Wildman–Crippen LogP) is 2.97. The number of hydrogen-bond acceptors (Lipinski definition) is 3. The maximum Gasteiger partial charge on any atom is 0.144 e. The molecular formula is C14H17BrClNO2. The first kappa shape index (κ1) is 15.0. The van der Waals surface area contributed by atoms with Crippen LogP contribution in [0.15, 0.2) is 22.7 Å². The van der Waals surface area contributed by atoms with Crippen molar-refractivity contribution in [3.05, 3.63) is 33.3 Å². The van der Waals surface area contributed by atoms with Crippen molar-refractivity contribution in [3.8, 4) is 0 Å². The van der Waals surface area contributed by atoms with Crippen LogP contribution in [0.25, 0.3) is 0 Å². The molecule has 1 aliphatic rings. The lowest BCUT2D eigenvalue weighted by molar-refractivity contribution is -0.132. The van der Waals surface area contributed by atoms with Crippen LogP contribution in [0.4, 0.5) is 0 Å². The number of hydrogen-bond donors (Lipinski definition) is 1. The van der Waals surface area contributed by atoms with Crippen molar-refractivity contribution in [3.63, 3.8) is 0 Å². The van der Waals surface area contributed by atoms with Gasteiger partial charge in [-0.3, -0.25) is 4.79 Å². The van der Waals surface area contributed by atoms with Gasteiger partial charge < -0.3 is 10.5 Å². The van der Waals surface area contributed by atoms with Gasteiger partial charge in [0.25, 0.3) is 0 Å². The Balaban J connectivity index is 2.15. The number of carbonyl (C=O) groups excluding carboxylic acids is 1. The molecule has 0 saturated carbocycles. The van der Waals surface area contributed by atoms with Crippen LogP contribution >= 0.6 is 27.5 Å². The van der Waals surface area contributed by atoms with E-state index in [0.717, 1.165) is 10.0 Å². The summed E-state index contributed by atoms with van der Waals surface area (Å²) in [4.78, 5) is 12.6. The Morgan fingerprint density at radius 3 is 2.68 bits per heavy atom. The van der Waals surface area contributed by atoms with Crippen LogP contribution in [0.5, 0.6) is 0 Å². The average Bonchev–Trinajstić information content (AvgIpc) is 2.42. The number of halogens is 2. The molecule has 0 amide bonds. The SMILES string of the molecule is NCC1(C(=O)Cc2ccc(Br)cc2Cl)CCOCC1. The monoisotopic (exact) mass is 345 g/mol. The van der Waals surface area contributed by atoms with Gasteiger partial charge >= 0.3 is 0 Å². The number of ether oxygens (including phenoxy) is 1. The lowest BCUT2D eigenvalue weighted by Crippen LogP contribution is -2.44. The molecule has 1 heterocycles. The highest BCUT2D eigenvalue weighted by atomic mass is 79.9. The molecule has 19 heavy (non-hydrogen) atoms. The van der Waals surface area contributed by atoms with Crippen molar-refractivity contribution >= 4 is 33.3 Å². The molecule has 3 nitrogen and oxygen atoms in total. The summed E-state index contributed by atoms with van der Waals surface area (Å²) in [7, 11) is 0. The van der Waals surface area contributed by atoms with E-state index in [2.05, 4.69) is 15.9 Å². The maximum atomic E-state index is 12.6. The Hall–Kier alpha value is -0.420. The van der Waals surface area contributed by atoms with Gasteiger partial charge in [-0.2, -0.15) is 0 Å². The standard InChI is InChI=1S/C14H17BrClNO2/c15-11-2-1-10(12(16)8-11)7-13(18)14(9-17)3-5-19-6-4-14/h1-2,8H,3-7,9,17H2. The van der Waals surface area contributed by atoms with Gasteiger partial charge in [0, 0.05) is 41.1 Å². The minimum absolute atomic E-state index is 0.169.